The monoisotopic (exact) mass is 362 g/mol. The van der Waals surface area contributed by atoms with Gasteiger partial charge in [0.15, 0.2) is 5.58 Å². The number of anilines is 1. The summed E-state index contributed by atoms with van der Waals surface area (Å²) >= 11 is 7.15. The second-order valence-corrected chi connectivity index (χ2v) is 6.22. The molecule has 7 heteroatoms. The zero-order valence-electron chi connectivity index (χ0n) is 12.9. The van der Waals surface area contributed by atoms with Crippen LogP contribution in [0.25, 0.3) is 11.1 Å². The third-order valence-corrected chi connectivity index (χ3v) is 4.18. The minimum atomic E-state index is -0.160. The van der Waals surface area contributed by atoms with Crippen molar-refractivity contribution >= 4 is 46.1 Å². The number of nitrogens with zero attached hydrogens (tertiary/aromatic N) is 1. The molecule has 0 atom stereocenters. The Bertz CT molecular complexity index is 866. The number of thioether (sulfide) groups is 1. The molecule has 0 aliphatic rings. The molecule has 1 amide bonds. The Kier molecular flexibility index (Phi) is 5.27. The van der Waals surface area contributed by atoms with Gasteiger partial charge in [-0.3, -0.25) is 4.79 Å². The first kappa shape index (κ1) is 16.7. The summed E-state index contributed by atoms with van der Waals surface area (Å²) < 4.78 is 11.1. The predicted octanol–water partition coefficient (Wildman–Crippen LogP) is 4.61. The van der Waals surface area contributed by atoms with E-state index in [2.05, 4.69) is 10.3 Å². The van der Waals surface area contributed by atoms with E-state index in [0.29, 0.717) is 39.4 Å². The highest BCUT2D eigenvalue weighted by atomic mass is 35.5. The number of para-hydroxylation sites is 2. The molecule has 0 aliphatic carbocycles. The Morgan fingerprint density at radius 3 is 3.00 bits per heavy atom. The molecular weight excluding hydrogens is 348 g/mol. The number of ether oxygens (including phenoxy) is 1. The highest BCUT2D eigenvalue weighted by molar-refractivity contribution is 7.99. The number of carbonyl (C=O) groups excluding carboxylic acids is 1. The predicted molar refractivity (Wildman–Crippen MR) is 96.0 cm³/mol. The van der Waals surface area contributed by atoms with Crippen molar-refractivity contribution < 1.29 is 13.9 Å². The lowest BCUT2D eigenvalue weighted by Gasteiger charge is -2.10. The largest absolute Gasteiger partial charge is 0.492 e. The third-order valence-electron chi connectivity index (χ3n) is 3.12. The van der Waals surface area contributed by atoms with E-state index < -0.39 is 0 Å². The fourth-order valence-electron chi connectivity index (χ4n) is 2.11. The first-order valence-electron chi connectivity index (χ1n) is 7.36. The second-order valence-electron chi connectivity index (χ2n) is 4.86. The van der Waals surface area contributed by atoms with Crippen molar-refractivity contribution in [3.8, 4) is 5.75 Å². The lowest BCUT2D eigenvalue weighted by molar-refractivity contribution is -0.113. The van der Waals surface area contributed by atoms with E-state index >= 15 is 0 Å². The Hall–Kier alpha value is -2.18. The molecule has 1 N–H and O–H groups in total. The third kappa shape index (κ3) is 4.01. The summed E-state index contributed by atoms with van der Waals surface area (Å²) in [4.78, 5) is 16.4. The van der Waals surface area contributed by atoms with Gasteiger partial charge in [0.1, 0.15) is 11.3 Å². The van der Waals surface area contributed by atoms with Gasteiger partial charge in [0.2, 0.25) is 5.91 Å². The Morgan fingerprint density at radius 2 is 2.17 bits per heavy atom. The summed E-state index contributed by atoms with van der Waals surface area (Å²) in [6, 6.07) is 12.5. The van der Waals surface area contributed by atoms with Crippen LogP contribution in [-0.2, 0) is 4.79 Å². The summed E-state index contributed by atoms with van der Waals surface area (Å²) in [6.07, 6.45) is 0. The molecule has 124 valence electrons. The van der Waals surface area contributed by atoms with Crippen LogP contribution in [-0.4, -0.2) is 23.3 Å². The van der Waals surface area contributed by atoms with Crippen molar-refractivity contribution in [3.63, 3.8) is 0 Å². The van der Waals surface area contributed by atoms with Crippen LogP contribution in [0.2, 0.25) is 5.02 Å². The number of aromatic nitrogens is 1. The molecule has 0 fully saturated rings. The van der Waals surface area contributed by atoms with Gasteiger partial charge in [-0.2, -0.15) is 0 Å². The number of oxazole rings is 1. The number of benzene rings is 2. The van der Waals surface area contributed by atoms with Crippen molar-refractivity contribution in [2.75, 3.05) is 17.7 Å². The number of nitrogens with one attached hydrogen (secondary N) is 1. The number of fused-ring (bicyclic) bond motifs is 1. The van der Waals surface area contributed by atoms with Gasteiger partial charge in [-0.25, -0.2) is 4.98 Å². The highest BCUT2D eigenvalue weighted by Gasteiger charge is 2.11. The van der Waals surface area contributed by atoms with Crippen molar-refractivity contribution in [3.05, 3.63) is 47.5 Å². The van der Waals surface area contributed by atoms with E-state index in [1.165, 1.54) is 11.8 Å². The number of carbonyl (C=O) groups is 1. The van der Waals surface area contributed by atoms with Crippen molar-refractivity contribution in [2.24, 2.45) is 0 Å². The van der Waals surface area contributed by atoms with Crippen LogP contribution in [0.15, 0.2) is 52.1 Å². The lowest BCUT2D eigenvalue weighted by Crippen LogP contribution is -2.14. The van der Waals surface area contributed by atoms with Crippen LogP contribution in [0.1, 0.15) is 6.92 Å². The molecule has 0 saturated carbocycles. The van der Waals surface area contributed by atoms with Crippen LogP contribution in [0.3, 0.4) is 0 Å². The average molecular weight is 363 g/mol. The molecule has 2 aromatic carbocycles. The average Bonchev–Trinajstić information content (AvgIpc) is 2.97. The molecule has 3 rings (SSSR count). The molecule has 3 aromatic rings. The van der Waals surface area contributed by atoms with Gasteiger partial charge >= 0.3 is 0 Å². The molecule has 0 unspecified atom stereocenters. The van der Waals surface area contributed by atoms with Crippen LogP contribution < -0.4 is 10.1 Å². The number of hydrogen-bond donors (Lipinski definition) is 1. The van der Waals surface area contributed by atoms with Crippen molar-refractivity contribution in [1.29, 1.82) is 0 Å². The summed E-state index contributed by atoms with van der Waals surface area (Å²) in [5.41, 5.74) is 1.96. The molecule has 24 heavy (non-hydrogen) atoms. The SMILES string of the molecule is CCOc1ccccc1NC(=O)CSc1nc2cc(Cl)ccc2o1. The van der Waals surface area contributed by atoms with E-state index in [4.69, 9.17) is 20.8 Å². The summed E-state index contributed by atoms with van der Waals surface area (Å²) in [5, 5.41) is 3.86. The molecule has 0 radical (unpaired) electrons. The van der Waals surface area contributed by atoms with Crippen LogP contribution in [0.4, 0.5) is 5.69 Å². The zero-order chi connectivity index (χ0) is 16.9. The number of rotatable bonds is 6. The fourth-order valence-corrected chi connectivity index (χ4v) is 2.91. The minimum absolute atomic E-state index is 0.160. The summed E-state index contributed by atoms with van der Waals surface area (Å²) in [5.74, 6) is 0.670. The molecule has 1 aromatic heterocycles. The van der Waals surface area contributed by atoms with Gasteiger partial charge < -0.3 is 14.5 Å². The highest BCUT2D eigenvalue weighted by Crippen LogP contribution is 2.27. The van der Waals surface area contributed by atoms with Crippen molar-refractivity contribution in [2.45, 2.75) is 12.1 Å². The second kappa shape index (κ2) is 7.59. The Morgan fingerprint density at radius 1 is 1.33 bits per heavy atom. The van der Waals surface area contributed by atoms with Gasteiger partial charge in [0.05, 0.1) is 18.0 Å². The van der Waals surface area contributed by atoms with Crippen LogP contribution in [0, 0.1) is 0 Å². The van der Waals surface area contributed by atoms with Crippen LogP contribution >= 0.6 is 23.4 Å². The quantitative estimate of drug-likeness (QED) is 0.648. The Balaban J connectivity index is 1.62. The minimum Gasteiger partial charge on any atom is -0.492 e. The summed E-state index contributed by atoms with van der Waals surface area (Å²) in [7, 11) is 0. The molecule has 5 nitrogen and oxygen atoms in total. The number of halogens is 1. The molecule has 1 heterocycles. The summed E-state index contributed by atoms with van der Waals surface area (Å²) in [6.45, 7) is 2.43. The van der Waals surface area contributed by atoms with E-state index in [0.717, 1.165) is 0 Å². The van der Waals surface area contributed by atoms with E-state index in [1.807, 2.05) is 25.1 Å². The molecule has 0 saturated heterocycles. The van der Waals surface area contributed by atoms with Gasteiger partial charge in [-0.15, -0.1) is 0 Å². The van der Waals surface area contributed by atoms with Gasteiger partial charge in [-0.1, -0.05) is 35.5 Å². The smallest absolute Gasteiger partial charge is 0.257 e. The maximum atomic E-state index is 12.1. The molecular formula is C17H15ClN2O3S. The topological polar surface area (TPSA) is 64.4 Å². The maximum Gasteiger partial charge on any atom is 0.257 e. The van der Waals surface area contributed by atoms with Crippen molar-refractivity contribution in [1.82, 2.24) is 4.98 Å². The lowest BCUT2D eigenvalue weighted by atomic mass is 10.3. The van der Waals surface area contributed by atoms with Gasteiger partial charge in [0.25, 0.3) is 5.22 Å². The molecule has 0 bridgehead atoms. The van der Waals surface area contributed by atoms with E-state index in [9.17, 15) is 4.79 Å². The van der Waals surface area contributed by atoms with Gasteiger partial charge in [-0.05, 0) is 37.3 Å². The fraction of sp³-hybridized carbons (Fsp3) is 0.176. The van der Waals surface area contributed by atoms with E-state index in [-0.39, 0.29) is 11.7 Å². The maximum absolute atomic E-state index is 12.1. The van der Waals surface area contributed by atoms with Gasteiger partial charge in [0, 0.05) is 5.02 Å². The van der Waals surface area contributed by atoms with E-state index in [1.54, 1.807) is 24.3 Å². The normalized spacial score (nSPS) is 10.8. The standard InChI is InChI=1S/C17H15ClN2O3S/c1-2-22-14-6-4-3-5-12(14)19-16(21)10-24-17-20-13-9-11(18)7-8-15(13)23-17/h3-9H,2,10H2,1H3,(H,19,21). The van der Waals surface area contributed by atoms with Crippen LogP contribution in [0.5, 0.6) is 5.75 Å². The first-order valence-corrected chi connectivity index (χ1v) is 8.72. The molecule has 0 spiro atoms. The Labute approximate surface area is 148 Å². The number of amides is 1. The first-order chi connectivity index (χ1) is 11.7. The number of hydrogen-bond acceptors (Lipinski definition) is 5. The zero-order valence-corrected chi connectivity index (χ0v) is 14.5. The molecule has 0 aliphatic heterocycles.